The lowest BCUT2D eigenvalue weighted by Crippen LogP contribution is -2.40. The number of hydrogen-bond donors (Lipinski definition) is 2. The van der Waals surface area contributed by atoms with Crippen molar-refractivity contribution in [3.05, 3.63) is 63.1 Å². The van der Waals surface area contributed by atoms with E-state index < -0.39 is 11.7 Å². The zero-order valence-electron chi connectivity index (χ0n) is 13.2. The third-order valence-electron chi connectivity index (χ3n) is 4.16. The van der Waals surface area contributed by atoms with Crippen LogP contribution in [-0.2, 0) is 30.2 Å². The molecule has 0 bridgehead atoms. The number of H-pyrrole nitrogens is 1. The normalized spacial score (nSPS) is 17.0. The van der Waals surface area contributed by atoms with Gasteiger partial charge in [-0.2, -0.15) is 18.3 Å². The second-order valence-electron chi connectivity index (χ2n) is 6.09. The van der Waals surface area contributed by atoms with Gasteiger partial charge in [-0.05, 0) is 36.5 Å². The number of aromatic nitrogens is 2. The molecule has 5 nitrogen and oxygen atoms in total. The Morgan fingerprint density at radius 1 is 1.32 bits per heavy atom. The Balaban J connectivity index is 1.63. The van der Waals surface area contributed by atoms with Crippen LogP contribution in [0.2, 0.25) is 0 Å². The maximum atomic E-state index is 12.7. The standard InChI is InChI=1S/C17H16F3N3O2/c18-17(19,20)12-3-1-2-10(6-12)7-15(24)21-13-4-5-14-11(8-13)9-16(25)23-22-14/h1-3,6,9,13H,4-5,7-8H2,(H,21,24)(H,23,25)/t13-/m0/s1. The van der Waals surface area contributed by atoms with Crippen molar-refractivity contribution in [1.29, 1.82) is 0 Å². The number of alkyl halides is 3. The van der Waals surface area contributed by atoms with Crippen LogP contribution in [-0.4, -0.2) is 22.1 Å². The smallest absolute Gasteiger partial charge is 0.353 e. The van der Waals surface area contributed by atoms with Crippen molar-refractivity contribution in [3.63, 3.8) is 0 Å². The summed E-state index contributed by atoms with van der Waals surface area (Å²) in [5.74, 6) is -0.342. The number of aromatic amines is 1. The van der Waals surface area contributed by atoms with E-state index in [2.05, 4.69) is 15.5 Å². The number of nitrogens with one attached hydrogen (secondary N) is 2. The number of benzene rings is 1. The Hall–Kier alpha value is -2.64. The van der Waals surface area contributed by atoms with Gasteiger partial charge in [0.25, 0.3) is 5.56 Å². The first-order valence-electron chi connectivity index (χ1n) is 7.84. The Morgan fingerprint density at radius 2 is 2.12 bits per heavy atom. The van der Waals surface area contributed by atoms with Crippen molar-refractivity contribution in [3.8, 4) is 0 Å². The first kappa shape index (κ1) is 17.2. The number of carbonyl (C=O) groups is 1. The lowest BCUT2D eigenvalue weighted by molar-refractivity contribution is -0.137. The van der Waals surface area contributed by atoms with Crippen LogP contribution in [0.25, 0.3) is 0 Å². The minimum absolute atomic E-state index is 0.124. The van der Waals surface area contributed by atoms with Crippen molar-refractivity contribution in [2.75, 3.05) is 0 Å². The molecule has 1 amide bonds. The molecule has 0 spiro atoms. The van der Waals surface area contributed by atoms with E-state index in [0.717, 1.165) is 23.4 Å². The summed E-state index contributed by atoms with van der Waals surface area (Å²) in [5.41, 5.74) is 0.841. The molecule has 0 unspecified atom stereocenters. The van der Waals surface area contributed by atoms with Crippen LogP contribution < -0.4 is 10.9 Å². The summed E-state index contributed by atoms with van der Waals surface area (Å²) in [6.07, 6.45) is -2.78. The van der Waals surface area contributed by atoms with Gasteiger partial charge in [-0.25, -0.2) is 5.10 Å². The second-order valence-corrected chi connectivity index (χ2v) is 6.09. The molecule has 1 aromatic carbocycles. The monoisotopic (exact) mass is 351 g/mol. The minimum atomic E-state index is -4.43. The van der Waals surface area contributed by atoms with Crippen LogP contribution in [0.4, 0.5) is 13.2 Å². The highest BCUT2D eigenvalue weighted by atomic mass is 19.4. The molecule has 0 fully saturated rings. The van der Waals surface area contributed by atoms with Crippen LogP contribution in [0.5, 0.6) is 0 Å². The van der Waals surface area contributed by atoms with Crippen molar-refractivity contribution in [1.82, 2.24) is 15.5 Å². The van der Waals surface area contributed by atoms with E-state index in [4.69, 9.17) is 0 Å². The highest BCUT2D eigenvalue weighted by Crippen LogP contribution is 2.29. The van der Waals surface area contributed by atoms with E-state index in [9.17, 15) is 22.8 Å². The number of fused-ring (bicyclic) bond motifs is 1. The lowest BCUT2D eigenvalue weighted by atomic mass is 9.92. The maximum Gasteiger partial charge on any atom is 0.416 e. The van der Waals surface area contributed by atoms with Crippen molar-refractivity contribution >= 4 is 5.91 Å². The highest BCUT2D eigenvalue weighted by Gasteiger charge is 2.30. The molecular formula is C17H16F3N3O2. The summed E-state index contributed by atoms with van der Waals surface area (Å²) in [6.45, 7) is 0. The largest absolute Gasteiger partial charge is 0.416 e. The SMILES string of the molecule is O=C(Cc1cccc(C(F)(F)F)c1)N[C@H]1CCc2n[nH]c(=O)cc2C1. The molecule has 0 saturated carbocycles. The summed E-state index contributed by atoms with van der Waals surface area (Å²) in [5, 5.41) is 9.18. The average molecular weight is 351 g/mol. The number of hydrogen-bond acceptors (Lipinski definition) is 3. The van der Waals surface area contributed by atoms with Gasteiger partial charge in [-0.15, -0.1) is 0 Å². The van der Waals surface area contributed by atoms with E-state index in [1.807, 2.05) is 0 Å². The molecule has 25 heavy (non-hydrogen) atoms. The summed E-state index contributed by atoms with van der Waals surface area (Å²) in [6, 6.07) is 6.06. The zero-order chi connectivity index (χ0) is 18.0. The Morgan fingerprint density at radius 3 is 2.88 bits per heavy atom. The van der Waals surface area contributed by atoms with Crippen LogP contribution in [0.15, 0.2) is 35.1 Å². The van der Waals surface area contributed by atoms with E-state index in [1.165, 1.54) is 18.2 Å². The van der Waals surface area contributed by atoms with Gasteiger partial charge in [-0.1, -0.05) is 18.2 Å². The van der Waals surface area contributed by atoms with Gasteiger partial charge in [0.2, 0.25) is 5.91 Å². The molecule has 1 aliphatic carbocycles. The topological polar surface area (TPSA) is 74.8 Å². The molecule has 1 atom stereocenters. The molecule has 3 rings (SSSR count). The van der Waals surface area contributed by atoms with Gasteiger partial charge in [0.05, 0.1) is 17.7 Å². The molecule has 2 N–H and O–H groups in total. The number of amides is 1. The molecule has 1 aromatic heterocycles. The van der Waals surface area contributed by atoms with Crippen LogP contribution in [0.1, 0.15) is 28.8 Å². The molecule has 1 aliphatic rings. The third kappa shape index (κ3) is 4.26. The Bertz CT molecular complexity index is 846. The fourth-order valence-electron chi connectivity index (χ4n) is 2.98. The fourth-order valence-corrected chi connectivity index (χ4v) is 2.98. The minimum Gasteiger partial charge on any atom is -0.353 e. The number of halogens is 3. The van der Waals surface area contributed by atoms with Gasteiger partial charge < -0.3 is 5.32 Å². The van der Waals surface area contributed by atoms with Crippen molar-refractivity contribution in [2.24, 2.45) is 0 Å². The van der Waals surface area contributed by atoms with Crippen molar-refractivity contribution < 1.29 is 18.0 Å². The predicted octanol–water partition coefficient (Wildman–Crippen LogP) is 2.00. The summed E-state index contributed by atoms with van der Waals surface area (Å²) in [4.78, 5) is 23.5. The van der Waals surface area contributed by atoms with Gasteiger partial charge in [0.1, 0.15) is 0 Å². The molecule has 132 valence electrons. The fraction of sp³-hybridized carbons (Fsp3) is 0.353. The predicted molar refractivity (Wildman–Crippen MR) is 84.0 cm³/mol. The van der Waals surface area contributed by atoms with Gasteiger partial charge in [-0.3, -0.25) is 9.59 Å². The van der Waals surface area contributed by atoms with E-state index in [0.29, 0.717) is 24.8 Å². The van der Waals surface area contributed by atoms with E-state index in [-0.39, 0.29) is 23.9 Å². The first-order chi connectivity index (χ1) is 11.8. The van der Waals surface area contributed by atoms with Crippen molar-refractivity contribution in [2.45, 2.75) is 37.9 Å². The molecule has 1 heterocycles. The number of carbonyl (C=O) groups excluding carboxylic acids is 1. The molecule has 8 heteroatoms. The Kier molecular flexibility index (Phi) is 4.61. The molecule has 0 saturated heterocycles. The number of rotatable bonds is 3. The second kappa shape index (κ2) is 6.70. The van der Waals surface area contributed by atoms with Gasteiger partial charge in [0, 0.05) is 12.1 Å². The maximum absolute atomic E-state index is 12.7. The van der Waals surface area contributed by atoms with Gasteiger partial charge >= 0.3 is 6.18 Å². The molecular weight excluding hydrogens is 335 g/mol. The van der Waals surface area contributed by atoms with Crippen LogP contribution in [0, 0.1) is 0 Å². The summed E-state index contributed by atoms with van der Waals surface area (Å²) < 4.78 is 38.2. The summed E-state index contributed by atoms with van der Waals surface area (Å²) in [7, 11) is 0. The third-order valence-corrected chi connectivity index (χ3v) is 4.16. The average Bonchev–Trinajstić information content (AvgIpc) is 2.53. The Labute approximate surface area is 141 Å². The lowest BCUT2D eigenvalue weighted by Gasteiger charge is -2.24. The zero-order valence-corrected chi connectivity index (χ0v) is 13.2. The van der Waals surface area contributed by atoms with Crippen LogP contribution in [0.3, 0.4) is 0 Å². The van der Waals surface area contributed by atoms with Gasteiger partial charge in [0.15, 0.2) is 0 Å². The number of nitrogens with zero attached hydrogens (tertiary/aromatic N) is 1. The van der Waals surface area contributed by atoms with E-state index >= 15 is 0 Å². The molecule has 0 radical (unpaired) electrons. The van der Waals surface area contributed by atoms with Crippen LogP contribution >= 0.6 is 0 Å². The first-order valence-corrected chi connectivity index (χ1v) is 7.84. The highest BCUT2D eigenvalue weighted by molar-refractivity contribution is 5.79. The molecule has 0 aliphatic heterocycles. The number of aryl methyl sites for hydroxylation is 1. The van der Waals surface area contributed by atoms with E-state index in [1.54, 1.807) is 0 Å². The summed E-state index contributed by atoms with van der Waals surface area (Å²) >= 11 is 0. The quantitative estimate of drug-likeness (QED) is 0.888. The molecule has 2 aromatic rings.